The monoisotopic (exact) mass is 509 g/mol. The molecule has 2 aromatic heterocycles. The number of esters is 1. The number of cyclic esters (lactones) is 1. The van der Waals surface area contributed by atoms with E-state index in [0.29, 0.717) is 11.1 Å². The summed E-state index contributed by atoms with van der Waals surface area (Å²) in [7, 11) is 0. The lowest BCUT2D eigenvalue weighted by molar-refractivity contribution is -0.137. The molecule has 4 aromatic rings. The summed E-state index contributed by atoms with van der Waals surface area (Å²) in [5, 5.41) is 0.582. The lowest BCUT2D eigenvalue weighted by atomic mass is 10.0. The van der Waals surface area contributed by atoms with Gasteiger partial charge in [0.1, 0.15) is 6.61 Å². The van der Waals surface area contributed by atoms with Crippen LogP contribution in [0.1, 0.15) is 15.9 Å². The number of carbonyl (C=O) groups excluding carboxylic acids is 2. The van der Waals surface area contributed by atoms with Gasteiger partial charge >= 0.3 is 18.2 Å². The average molecular weight is 509 g/mol. The number of ether oxygens (including phenoxy) is 2. The quantitative estimate of drug-likeness (QED) is 0.388. The maximum atomic E-state index is 13.5. The van der Waals surface area contributed by atoms with E-state index >= 15 is 0 Å². The number of benzene rings is 2. The van der Waals surface area contributed by atoms with Gasteiger partial charge in [-0.3, -0.25) is 14.7 Å². The number of fused-ring (bicyclic) bond motifs is 1. The summed E-state index contributed by atoms with van der Waals surface area (Å²) in [5.74, 6) is -0.609. The Morgan fingerprint density at radius 1 is 1.11 bits per heavy atom. The van der Waals surface area contributed by atoms with Crippen LogP contribution in [-0.2, 0) is 15.7 Å². The first-order chi connectivity index (χ1) is 17.7. The molecule has 1 aliphatic heterocycles. The fraction of sp³-hybridized carbons (Fsp3) is 0.154. The molecule has 37 heavy (non-hydrogen) atoms. The molecule has 1 fully saturated rings. The minimum Gasteiger partial charge on any atom is -0.458 e. The lowest BCUT2D eigenvalue weighted by Gasteiger charge is -2.15. The van der Waals surface area contributed by atoms with Crippen molar-refractivity contribution in [1.82, 2.24) is 9.97 Å². The molecule has 0 unspecified atom stereocenters. The molecule has 11 heteroatoms. The molecule has 0 saturated carbocycles. The van der Waals surface area contributed by atoms with Gasteiger partial charge in [-0.2, -0.15) is 13.2 Å². The van der Waals surface area contributed by atoms with Gasteiger partial charge < -0.3 is 14.5 Å². The van der Waals surface area contributed by atoms with Crippen LogP contribution >= 0.6 is 0 Å². The van der Waals surface area contributed by atoms with E-state index in [1.54, 1.807) is 24.3 Å². The molecule has 3 heterocycles. The molecule has 1 atom stereocenters. The Balaban J connectivity index is 1.36. The summed E-state index contributed by atoms with van der Waals surface area (Å²) in [4.78, 5) is 45.0. The van der Waals surface area contributed by atoms with Crippen LogP contribution in [-0.4, -0.2) is 41.3 Å². The summed E-state index contributed by atoms with van der Waals surface area (Å²) < 4.78 is 50.9. The van der Waals surface area contributed by atoms with Crippen LogP contribution < -0.4 is 10.5 Å². The van der Waals surface area contributed by atoms with Crippen LogP contribution in [0.2, 0.25) is 0 Å². The summed E-state index contributed by atoms with van der Waals surface area (Å²) in [6, 6.07) is 14.1. The Labute approximate surface area is 207 Å². The molecule has 1 amide bonds. The minimum absolute atomic E-state index is 0.0225. The van der Waals surface area contributed by atoms with Crippen molar-refractivity contribution in [3.63, 3.8) is 0 Å². The molecule has 1 saturated heterocycles. The number of nitrogens with one attached hydrogen (secondary N) is 1. The molecular weight excluding hydrogens is 491 g/mol. The van der Waals surface area contributed by atoms with E-state index in [2.05, 4.69) is 9.97 Å². The van der Waals surface area contributed by atoms with Crippen LogP contribution in [0.4, 0.5) is 23.7 Å². The highest BCUT2D eigenvalue weighted by molar-refractivity contribution is 5.95. The fourth-order valence-electron chi connectivity index (χ4n) is 4.08. The molecule has 8 nitrogen and oxygen atoms in total. The van der Waals surface area contributed by atoms with Gasteiger partial charge in [0.25, 0.3) is 5.56 Å². The van der Waals surface area contributed by atoms with E-state index in [1.807, 2.05) is 0 Å². The summed E-state index contributed by atoms with van der Waals surface area (Å²) in [5.41, 5.74) is -0.987. The highest BCUT2D eigenvalue weighted by Gasteiger charge is 2.35. The fourth-order valence-corrected chi connectivity index (χ4v) is 4.08. The number of pyridine rings is 2. The van der Waals surface area contributed by atoms with Crippen LogP contribution in [0.5, 0.6) is 0 Å². The Kier molecular flexibility index (Phi) is 6.12. The first-order valence-corrected chi connectivity index (χ1v) is 11.1. The van der Waals surface area contributed by atoms with Crippen molar-refractivity contribution in [3.05, 3.63) is 94.5 Å². The third kappa shape index (κ3) is 4.88. The number of alkyl halides is 3. The Morgan fingerprint density at radius 2 is 1.92 bits per heavy atom. The highest BCUT2D eigenvalue weighted by atomic mass is 19.4. The van der Waals surface area contributed by atoms with Gasteiger partial charge in [0.15, 0.2) is 6.10 Å². The Morgan fingerprint density at radius 3 is 2.68 bits per heavy atom. The number of aromatic amines is 1. The first-order valence-electron chi connectivity index (χ1n) is 11.1. The summed E-state index contributed by atoms with van der Waals surface area (Å²) >= 11 is 0. The second kappa shape index (κ2) is 9.41. The molecule has 2 aromatic carbocycles. The third-order valence-electron chi connectivity index (χ3n) is 5.84. The van der Waals surface area contributed by atoms with E-state index in [0.717, 1.165) is 6.07 Å². The molecule has 0 bridgehead atoms. The standard InChI is InChI=1S/C26H18F3N3O5/c27-26(28,29)21-6-2-1-5-19(21)22-10-15-7-8-17(11-20(15)23(33)31-22)32-13-18(37-25(32)35)14-36-24(34)16-4-3-9-30-12-16/h1-12,18H,13-14H2,(H,31,33)/t18-/m0/s1. The highest BCUT2D eigenvalue weighted by Crippen LogP contribution is 2.36. The molecule has 1 aliphatic rings. The first kappa shape index (κ1) is 24.0. The van der Waals surface area contributed by atoms with Gasteiger partial charge in [-0.15, -0.1) is 0 Å². The molecule has 0 radical (unpaired) electrons. The van der Waals surface area contributed by atoms with Crippen molar-refractivity contribution in [3.8, 4) is 11.3 Å². The Bertz CT molecular complexity index is 1550. The van der Waals surface area contributed by atoms with E-state index in [9.17, 15) is 27.6 Å². The molecule has 0 spiro atoms. The zero-order chi connectivity index (χ0) is 26.2. The number of carbonyl (C=O) groups is 2. The summed E-state index contributed by atoms with van der Waals surface area (Å²) in [6.07, 6.45) is -3.14. The predicted molar refractivity (Wildman–Crippen MR) is 127 cm³/mol. The largest absolute Gasteiger partial charge is 0.458 e. The number of amides is 1. The van der Waals surface area contributed by atoms with E-state index in [-0.39, 0.29) is 35.4 Å². The van der Waals surface area contributed by atoms with Crippen molar-refractivity contribution in [1.29, 1.82) is 0 Å². The number of hydrogen-bond acceptors (Lipinski definition) is 6. The van der Waals surface area contributed by atoms with Gasteiger partial charge in [0, 0.05) is 34.7 Å². The van der Waals surface area contributed by atoms with Crippen molar-refractivity contribution >= 4 is 28.5 Å². The van der Waals surface area contributed by atoms with Gasteiger partial charge in [-0.1, -0.05) is 24.3 Å². The Hall–Kier alpha value is -4.67. The van der Waals surface area contributed by atoms with Crippen molar-refractivity contribution in [2.75, 3.05) is 18.1 Å². The van der Waals surface area contributed by atoms with Crippen molar-refractivity contribution in [2.24, 2.45) is 0 Å². The number of halogens is 3. The van der Waals surface area contributed by atoms with Crippen LogP contribution in [0.3, 0.4) is 0 Å². The number of rotatable bonds is 5. The predicted octanol–water partition coefficient (Wildman–Crippen LogP) is 4.79. The van der Waals surface area contributed by atoms with Crippen LogP contribution in [0, 0.1) is 0 Å². The number of aromatic nitrogens is 2. The molecule has 1 N–H and O–H groups in total. The smallest absolute Gasteiger partial charge is 0.417 e. The van der Waals surface area contributed by atoms with Crippen molar-refractivity contribution < 1.29 is 32.2 Å². The van der Waals surface area contributed by atoms with Gasteiger partial charge in [0.2, 0.25) is 0 Å². The second-order valence-corrected chi connectivity index (χ2v) is 8.28. The van der Waals surface area contributed by atoms with Gasteiger partial charge in [-0.05, 0) is 41.8 Å². The third-order valence-corrected chi connectivity index (χ3v) is 5.84. The van der Waals surface area contributed by atoms with Crippen LogP contribution in [0.25, 0.3) is 22.0 Å². The van der Waals surface area contributed by atoms with Gasteiger partial charge in [-0.25, -0.2) is 9.59 Å². The lowest BCUT2D eigenvalue weighted by Crippen LogP contribution is -2.26. The normalized spacial score (nSPS) is 15.6. The molecule has 5 rings (SSSR count). The number of hydrogen-bond donors (Lipinski definition) is 1. The zero-order valence-corrected chi connectivity index (χ0v) is 19.0. The SMILES string of the molecule is O=C(OC[C@@H]1CN(c2ccc3cc(-c4ccccc4C(F)(F)F)[nH]c(=O)c3c2)C(=O)O1)c1cccnc1. The van der Waals surface area contributed by atoms with Gasteiger partial charge in [0.05, 0.1) is 17.7 Å². The topological polar surface area (TPSA) is 102 Å². The van der Waals surface area contributed by atoms with E-state index in [4.69, 9.17) is 9.47 Å². The molecule has 188 valence electrons. The molecular formula is C26H18F3N3O5. The maximum Gasteiger partial charge on any atom is 0.417 e. The number of H-pyrrole nitrogens is 1. The second-order valence-electron chi connectivity index (χ2n) is 8.28. The number of nitrogens with zero attached hydrogens (tertiary/aromatic N) is 2. The van der Waals surface area contributed by atoms with Crippen LogP contribution in [0.15, 0.2) is 77.9 Å². The van der Waals surface area contributed by atoms with E-state index in [1.165, 1.54) is 47.6 Å². The zero-order valence-electron chi connectivity index (χ0n) is 19.0. The minimum atomic E-state index is -4.59. The summed E-state index contributed by atoms with van der Waals surface area (Å²) in [6.45, 7) is -0.105. The van der Waals surface area contributed by atoms with E-state index < -0.39 is 35.5 Å². The number of anilines is 1. The maximum absolute atomic E-state index is 13.5. The van der Waals surface area contributed by atoms with Crippen molar-refractivity contribution in [2.45, 2.75) is 12.3 Å². The average Bonchev–Trinajstić information content (AvgIpc) is 3.27. The molecule has 0 aliphatic carbocycles.